The van der Waals surface area contributed by atoms with Gasteiger partial charge in [0, 0.05) is 11.8 Å². The lowest BCUT2D eigenvalue weighted by Crippen LogP contribution is -2.21. The highest BCUT2D eigenvalue weighted by atomic mass is 19.1. The molecule has 0 aromatic heterocycles. The number of ether oxygens (including phenoxy) is 3. The van der Waals surface area contributed by atoms with Gasteiger partial charge in [0.25, 0.3) is 5.91 Å². The Hall–Kier alpha value is -3.69. The molecule has 2 aromatic carbocycles. The molecule has 0 spiro atoms. The maximum absolute atomic E-state index is 13.3. The van der Waals surface area contributed by atoms with Gasteiger partial charge in [0.2, 0.25) is 5.82 Å². The normalized spacial score (nSPS) is 10.0. The van der Waals surface area contributed by atoms with Crippen LogP contribution in [0.3, 0.4) is 0 Å². The van der Waals surface area contributed by atoms with E-state index in [1.165, 1.54) is 26.4 Å². The van der Waals surface area contributed by atoms with E-state index in [1.807, 2.05) is 0 Å². The van der Waals surface area contributed by atoms with Crippen molar-refractivity contribution in [2.75, 3.05) is 26.1 Å². The number of halogens is 1. The Bertz CT molecular complexity index is 863. The van der Waals surface area contributed by atoms with Gasteiger partial charge in [0.1, 0.15) is 17.1 Å². The number of carbonyl (C=O) groups excluding carboxylic acids is 2. The van der Waals surface area contributed by atoms with Crippen LogP contribution in [-0.2, 0) is 9.53 Å². The SMILES string of the molecule is COc1cccc(OC)c1C(=O)OCC(=O)Nc1ccc(F)c([N+](=O)[O-])c1. The number of nitro benzene ring substituents is 1. The molecule has 1 amide bonds. The summed E-state index contributed by atoms with van der Waals surface area (Å²) in [6.07, 6.45) is 0. The number of hydrogen-bond acceptors (Lipinski definition) is 7. The molecule has 142 valence electrons. The van der Waals surface area contributed by atoms with Gasteiger partial charge in [-0.1, -0.05) is 6.07 Å². The second kappa shape index (κ2) is 8.61. The van der Waals surface area contributed by atoms with Crippen molar-refractivity contribution >= 4 is 23.3 Å². The molecule has 27 heavy (non-hydrogen) atoms. The van der Waals surface area contributed by atoms with Crippen molar-refractivity contribution in [1.82, 2.24) is 0 Å². The number of methoxy groups -OCH3 is 2. The fourth-order valence-electron chi connectivity index (χ4n) is 2.18. The lowest BCUT2D eigenvalue weighted by Gasteiger charge is -2.12. The van der Waals surface area contributed by atoms with Crippen molar-refractivity contribution in [3.05, 3.63) is 57.9 Å². The van der Waals surface area contributed by atoms with Crippen LogP contribution in [0.4, 0.5) is 15.8 Å². The molecule has 0 saturated carbocycles. The molecule has 0 heterocycles. The molecule has 0 atom stereocenters. The number of esters is 1. The third-order valence-corrected chi connectivity index (χ3v) is 3.39. The summed E-state index contributed by atoms with van der Waals surface area (Å²) in [7, 11) is 2.72. The summed E-state index contributed by atoms with van der Waals surface area (Å²) in [6, 6.07) is 7.51. The summed E-state index contributed by atoms with van der Waals surface area (Å²) in [5, 5.41) is 13.0. The van der Waals surface area contributed by atoms with Gasteiger partial charge in [-0.2, -0.15) is 4.39 Å². The number of hydrogen-bond donors (Lipinski definition) is 1. The largest absolute Gasteiger partial charge is 0.496 e. The van der Waals surface area contributed by atoms with Gasteiger partial charge in [-0.15, -0.1) is 0 Å². The highest BCUT2D eigenvalue weighted by Crippen LogP contribution is 2.29. The number of anilines is 1. The van der Waals surface area contributed by atoms with E-state index < -0.39 is 34.9 Å². The molecule has 0 unspecified atom stereocenters. The van der Waals surface area contributed by atoms with E-state index in [1.54, 1.807) is 6.07 Å². The fraction of sp³-hybridized carbons (Fsp3) is 0.176. The summed E-state index contributed by atoms with van der Waals surface area (Å²) in [5.41, 5.74) is -0.796. The van der Waals surface area contributed by atoms with Gasteiger partial charge in [-0.3, -0.25) is 14.9 Å². The molecule has 0 bridgehead atoms. The van der Waals surface area contributed by atoms with Crippen molar-refractivity contribution in [1.29, 1.82) is 0 Å². The summed E-state index contributed by atoms with van der Waals surface area (Å²) in [5.74, 6) is -2.25. The Labute approximate surface area is 152 Å². The molecule has 0 fully saturated rings. The summed E-state index contributed by atoms with van der Waals surface area (Å²) in [6.45, 7) is -0.675. The molecule has 0 radical (unpaired) electrons. The first-order valence-corrected chi connectivity index (χ1v) is 7.49. The average molecular weight is 378 g/mol. The minimum Gasteiger partial charge on any atom is -0.496 e. The van der Waals surface area contributed by atoms with Gasteiger partial charge in [0.15, 0.2) is 6.61 Å². The monoisotopic (exact) mass is 378 g/mol. The number of carbonyl (C=O) groups is 2. The summed E-state index contributed by atoms with van der Waals surface area (Å²) in [4.78, 5) is 34.0. The third kappa shape index (κ3) is 4.69. The highest BCUT2D eigenvalue weighted by Gasteiger charge is 2.21. The van der Waals surface area contributed by atoms with Gasteiger partial charge in [-0.05, 0) is 24.3 Å². The lowest BCUT2D eigenvalue weighted by atomic mass is 10.2. The van der Waals surface area contributed by atoms with Crippen LogP contribution in [0.1, 0.15) is 10.4 Å². The molecular weight excluding hydrogens is 363 g/mol. The van der Waals surface area contributed by atoms with Crippen molar-refractivity contribution in [2.24, 2.45) is 0 Å². The van der Waals surface area contributed by atoms with E-state index >= 15 is 0 Å². The summed E-state index contributed by atoms with van der Waals surface area (Å²) >= 11 is 0. The number of nitrogens with zero attached hydrogens (tertiary/aromatic N) is 1. The predicted molar refractivity (Wildman–Crippen MR) is 91.5 cm³/mol. The quantitative estimate of drug-likeness (QED) is 0.447. The van der Waals surface area contributed by atoms with Gasteiger partial charge in [-0.25, -0.2) is 4.79 Å². The fourth-order valence-corrected chi connectivity index (χ4v) is 2.18. The smallest absolute Gasteiger partial charge is 0.346 e. The van der Waals surface area contributed by atoms with E-state index in [0.29, 0.717) is 0 Å². The molecule has 0 saturated heterocycles. The lowest BCUT2D eigenvalue weighted by molar-refractivity contribution is -0.387. The Balaban J connectivity index is 2.05. The molecule has 0 aliphatic heterocycles. The molecule has 10 heteroatoms. The Morgan fingerprint density at radius 2 is 1.78 bits per heavy atom. The average Bonchev–Trinajstić information content (AvgIpc) is 2.66. The van der Waals surface area contributed by atoms with Crippen LogP contribution in [0.2, 0.25) is 0 Å². The van der Waals surface area contributed by atoms with Crippen LogP contribution in [0, 0.1) is 15.9 Å². The maximum atomic E-state index is 13.3. The number of benzene rings is 2. The minimum absolute atomic E-state index is 0.00715. The Kier molecular flexibility index (Phi) is 6.26. The minimum atomic E-state index is -1.03. The first-order valence-electron chi connectivity index (χ1n) is 7.49. The molecule has 2 aromatic rings. The molecule has 0 aliphatic carbocycles. The van der Waals surface area contributed by atoms with E-state index in [2.05, 4.69) is 5.32 Å². The van der Waals surface area contributed by atoms with Crippen molar-refractivity contribution in [3.8, 4) is 11.5 Å². The molecule has 9 nitrogen and oxygen atoms in total. The van der Waals surface area contributed by atoms with Gasteiger partial charge < -0.3 is 19.5 Å². The zero-order chi connectivity index (χ0) is 20.0. The van der Waals surface area contributed by atoms with Crippen LogP contribution in [0.25, 0.3) is 0 Å². The standard InChI is InChI=1S/C17H15FN2O7/c1-25-13-4-3-5-14(26-2)16(13)17(22)27-9-15(21)19-10-6-7-11(18)12(8-10)20(23)24/h3-8H,9H2,1-2H3,(H,19,21). The van der Waals surface area contributed by atoms with E-state index in [4.69, 9.17) is 14.2 Å². The van der Waals surface area contributed by atoms with Gasteiger partial charge in [0.05, 0.1) is 19.1 Å². The molecule has 0 aliphatic rings. The van der Waals surface area contributed by atoms with Crippen LogP contribution in [0.5, 0.6) is 11.5 Å². The zero-order valence-electron chi connectivity index (χ0n) is 14.4. The molecular formula is C17H15FN2O7. The van der Waals surface area contributed by atoms with Gasteiger partial charge >= 0.3 is 11.7 Å². The van der Waals surface area contributed by atoms with E-state index in [9.17, 15) is 24.1 Å². The van der Waals surface area contributed by atoms with Crippen molar-refractivity contribution in [2.45, 2.75) is 0 Å². The first kappa shape index (κ1) is 19.6. The van der Waals surface area contributed by atoms with Crippen LogP contribution in [0.15, 0.2) is 36.4 Å². The van der Waals surface area contributed by atoms with Crippen molar-refractivity contribution < 1.29 is 33.1 Å². The molecule has 2 rings (SSSR count). The number of rotatable bonds is 7. The van der Waals surface area contributed by atoms with Crippen LogP contribution >= 0.6 is 0 Å². The van der Waals surface area contributed by atoms with Crippen LogP contribution < -0.4 is 14.8 Å². The zero-order valence-corrected chi connectivity index (χ0v) is 14.4. The topological polar surface area (TPSA) is 117 Å². The third-order valence-electron chi connectivity index (χ3n) is 3.39. The number of amides is 1. The predicted octanol–water partition coefficient (Wildman–Crippen LogP) is 2.55. The second-order valence-electron chi connectivity index (χ2n) is 5.09. The van der Waals surface area contributed by atoms with E-state index in [0.717, 1.165) is 18.2 Å². The van der Waals surface area contributed by atoms with Crippen molar-refractivity contribution in [3.63, 3.8) is 0 Å². The summed E-state index contributed by atoms with van der Waals surface area (Å²) < 4.78 is 28.4. The first-order chi connectivity index (χ1) is 12.9. The van der Waals surface area contributed by atoms with Crippen LogP contribution in [-0.4, -0.2) is 37.6 Å². The Morgan fingerprint density at radius 3 is 2.33 bits per heavy atom. The Morgan fingerprint density at radius 1 is 1.15 bits per heavy atom. The highest BCUT2D eigenvalue weighted by molar-refractivity contribution is 5.98. The maximum Gasteiger partial charge on any atom is 0.346 e. The second-order valence-corrected chi connectivity index (χ2v) is 5.09. The number of nitrogens with one attached hydrogen (secondary N) is 1. The molecule has 1 N–H and O–H groups in total. The number of nitro groups is 1. The van der Waals surface area contributed by atoms with E-state index in [-0.39, 0.29) is 22.7 Å².